The van der Waals surface area contributed by atoms with Crippen LogP contribution in [0.4, 0.5) is 0 Å². The van der Waals surface area contributed by atoms with Gasteiger partial charge in [-0.2, -0.15) is 0 Å². The zero-order valence-corrected chi connectivity index (χ0v) is 18.0. The largest absolute Gasteiger partial charge is 0.493 e. The molecule has 8 nitrogen and oxygen atoms in total. The summed E-state index contributed by atoms with van der Waals surface area (Å²) in [5.74, 6) is 1.74. The number of hydrogen-bond acceptors (Lipinski definition) is 7. The van der Waals surface area contributed by atoms with Crippen LogP contribution in [0, 0.1) is 13.8 Å². The Morgan fingerprint density at radius 1 is 1.23 bits per heavy atom. The fourth-order valence-corrected chi connectivity index (χ4v) is 3.88. The Morgan fingerprint density at radius 2 is 2.13 bits per heavy atom. The highest BCUT2D eigenvalue weighted by molar-refractivity contribution is 5.76. The van der Waals surface area contributed by atoms with Crippen LogP contribution in [0.3, 0.4) is 0 Å². The maximum atomic E-state index is 12.9. The van der Waals surface area contributed by atoms with Crippen LogP contribution in [-0.2, 0) is 4.79 Å². The van der Waals surface area contributed by atoms with Crippen molar-refractivity contribution >= 4 is 5.91 Å². The third-order valence-corrected chi connectivity index (χ3v) is 5.45. The number of aromatic nitrogens is 4. The highest BCUT2D eigenvalue weighted by Crippen LogP contribution is 2.32. The van der Waals surface area contributed by atoms with Gasteiger partial charge in [0, 0.05) is 25.4 Å². The van der Waals surface area contributed by atoms with Crippen molar-refractivity contribution in [2.45, 2.75) is 52.0 Å². The van der Waals surface area contributed by atoms with Gasteiger partial charge in [-0.05, 0) is 51.2 Å². The lowest BCUT2D eigenvalue weighted by Crippen LogP contribution is -2.38. The second kappa shape index (κ2) is 9.68. The van der Waals surface area contributed by atoms with E-state index < -0.39 is 0 Å². The molecule has 0 bridgehead atoms. The summed E-state index contributed by atoms with van der Waals surface area (Å²) in [5, 5.41) is 8.30. The Balaban J connectivity index is 1.35. The van der Waals surface area contributed by atoms with Crippen LogP contribution in [0.1, 0.15) is 55.2 Å². The van der Waals surface area contributed by atoms with E-state index in [2.05, 4.69) is 33.2 Å². The van der Waals surface area contributed by atoms with Gasteiger partial charge in [-0.15, -0.1) is 10.2 Å². The lowest BCUT2D eigenvalue weighted by atomic mass is 10.0. The molecular formula is C23H27N5O3. The predicted octanol–water partition coefficient (Wildman–Crippen LogP) is 4.06. The molecule has 3 heterocycles. The van der Waals surface area contributed by atoms with Crippen molar-refractivity contribution in [1.82, 2.24) is 25.1 Å². The summed E-state index contributed by atoms with van der Waals surface area (Å²) in [6, 6.07) is 5.92. The summed E-state index contributed by atoms with van der Waals surface area (Å²) in [5.41, 5.74) is 2.84. The van der Waals surface area contributed by atoms with E-state index in [0.29, 0.717) is 43.5 Å². The highest BCUT2D eigenvalue weighted by Gasteiger charge is 2.31. The summed E-state index contributed by atoms with van der Waals surface area (Å²) < 4.78 is 11.7. The zero-order valence-electron chi connectivity index (χ0n) is 18.0. The standard InChI is InChI=1S/C23H27N5O3/c1-16-8-9-20(17(2)14-16)30-13-5-7-21(29)28-12-4-3-6-19(28)23-27-26-22(31-23)18-15-24-10-11-25-18/h8-11,14-15,19H,3-7,12-13H2,1-2H3. The van der Waals surface area contributed by atoms with Crippen LogP contribution in [0.15, 0.2) is 41.2 Å². The fourth-order valence-electron chi connectivity index (χ4n) is 3.88. The van der Waals surface area contributed by atoms with Crippen molar-refractivity contribution in [1.29, 1.82) is 0 Å². The van der Waals surface area contributed by atoms with E-state index in [-0.39, 0.29) is 11.9 Å². The van der Waals surface area contributed by atoms with E-state index in [4.69, 9.17) is 9.15 Å². The summed E-state index contributed by atoms with van der Waals surface area (Å²) in [6.45, 7) is 5.30. The molecule has 0 aliphatic carbocycles. The van der Waals surface area contributed by atoms with Crippen LogP contribution in [0.25, 0.3) is 11.6 Å². The molecule has 1 aromatic carbocycles. The number of amides is 1. The van der Waals surface area contributed by atoms with E-state index >= 15 is 0 Å². The van der Waals surface area contributed by atoms with E-state index in [1.54, 1.807) is 18.6 Å². The van der Waals surface area contributed by atoms with Crippen molar-refractivity contribution in [3.63, 3.8) is 0 Å². The number of likely N-dealkylation sites (tertiary alicyclic amines) is 1. The number of rotatable bonds is 7. The molecule has 31 heavy (non-hydrogen) atoms. The molecule has 1 unspecified atom stereocenters. The second-order valence-electron chi connectivity index (χ2n) is 7.86. The van der Waals surface area contributed by atoms with Gasteiger partial charge in [-0.3, -0.25) is 9.78 Å². The van der Waals surface area contributed by atoms with Crippen LogP contribution < -0.4 is 4.74 Å². The van der Waals surface area contributed by atoms with E-state index in [0.717, 1.165) is 30.6 Å². The minimum atomic E-state index is -0.195. The van der Waals surface area contributed by atoms with E-state index in [1.165, 1.54) is 5.56 Å². The van der Waals surface area contributed by atoms with Crippen LogP contribution in [0.5, 0.6) is 5.75 Å². The van der Waals surface area contributed by atoms with Gasteiger partial charge in [-0.1, -0.05) is 17.7 Å². The summed E-state index contributed by atoms with van der Waals surface area (Å²) in [7, 11) is 0. The van der Waals surface area contributed by atoms with Gasteiger partial charge in [0.25, 0.3) is 5.89 Å². The predicted molar refractivity (Wildman–Crippen MR) is 114 cm³/mol. The minimum absolute atomic E-state index is 0.0909. The number of piperidine rings is 1. The first-order valence-corrected chi connectivity index (χ1v) is 10.7. The number of nitrogens with zero attached hydrogens (tertiary/aromatic N) is 5. The molecule has 3 aromatic rings. The smallest absolute Gasteiger partial charge is 0.267 e. The number of ether oxygens (including phenoxy) is 1. The quantitative estimate of drug-likeness (QED) is 0.531. The topological polar surface area (TPSA) is 94.2 Å². The van der Waals surface area contributed by atoms with Crippen LogP contribution in [0.2, 0.25) is 0 Å². The van der Waals surface area contributed by atoms with Gasteiger partial charge in [0.2, 0.25) is 11.8 Å². The number of carbonyl (C=O) groups is 1. The molecule has 8 heteroatoms. The van der Waals surface area contributed by atoms with Crippen LogP contribution in [-0.4, -0.2) is 44.1 Å². The van der Waals surface area contributed by atoms with Crippen LogP contribution >= 0.6 is 0 Å². The Hall–Kier alpha value is -3.29. The summed E-state index contributed by atoms with van der Waals surface area (Å²) >= 11 is 0. The molecule has 162 valence electrons. The summed E-state index contributed by atoms with van der Waals surface area (Å²) in [4.78, 5) is 23.0. The molecule has 1 aliphatic heterocycles. The SMILES string of the molecule is Cc1ccc(OCCCC(=O)N2CCCCC2c2nnc(-c3cnccn3)o2)c(C)c1. The molecule has 1 saturated heterocycles. The van der Waals surface area contributed by atoms with E-state index in [1.807, 2.05) is 24.0 Å². The van der Waals surface area contributed by atoms with Crippen molar-refractivity contribution in [2.75, 3.05) is 13.2 Å². The molecular weight excluding hydrogens is 394 g/mol. The molecule has 1 aliphatic rings. The van der Waals surface area contributed by atoms with Crippen molar-refractivity contribution in [2.24, 2.45) is 0 Å². The van der Waals surface area contributed by atoms with Gasteiger partial charge < -0.3 is 14.1 Å². The molecule has 1 fully saturated rings. The molecule has 1 amide bonds. The zero-order chi connectivity index (χ0) is 21.6. The minimum Gasteiger partial charge on any atom is -0.493 e. The Morgan fingerprint density at radius 3 is 2.94 bits per heavy atom. The maximum Gasteiger partial charge on any atom is 0.267 e. The van der Waals surface area contributed by atoms with Crippen molar-refractivity contribution in [3.8, 4) is 17.3 Å². The second-order valence-corrected chi connectivity index (χ2v) is 7.86. The fraction of sp³-hybridized carbons (Fsp3) is 0.435. The first-order chi connectivity index (χ1) is 15.1. The van der Waals surface area contributed by atoms with Gasteiger partial charge in [0.1, 0.15) is 17.5 Å². The molecule has 0 saturated carbocycles. The lowest BCUT2D eigenvalue weighted by molar-refractivity contribution is -0.135. The maximum absolute atomic E-state index is 12.9. The Bertz CT molecular complexity index is 1020. The Kier molecular flexibility index (Phi) is 6.54. The number of hydrogen-bond donors (Lipinski definition) is 0. The third kappa shape index (κ3) is 5.07. The number of benzene rings is 1. The highest BCUT2D eigenvalue weighted by atomic mass is 16.5. The summed E-state index contributed by atoms with van der Waals surface area (Å²) in [6.07, 6.45) is 8.64. The average Bonchev–Trinajstić information content (AvgIpc) is 3.28. The van der Waals surface area contributed by atoms with Gasteiger partial charge >= 0.3 is 0 Å². The van der Waals surface area contributed by atoms with Gasteiger partial charge in [-0.25, -0.2) is 4.98 Å². The molecule has 4 rings (SSSR count). The third-order valence-electron chi connectivity index (χ3n) is 5.45. The molecule has 2 aromatic heterocycles. The number of carbonyl (C=O) groups excluding carboxylic acids is 1. The Labute approximate surface area is 181 Å². The normalized spacial score (nSPS) is 16.3. The number of aryl methyl sites for hydroxylation is 2. The first-order valence-electron chi connectivity index (χ1n) is 10.7. The van der Waals surface area contributed by atoms with E-state index in [9.17, 15) is 4.79 Å². The molecule has 0 radical (unpaired) electrons. The monoisotopic (exact) mass is 421 g/mol. The molecule has 0 spiro atoms. The van der Waals surface area contributed by atoms with Crippen molar-refractivity contribution in [3.05, 3.63) is 53.8 Å². The lowest BCUT2D eigenvalue weighted by Gasteiger charge is -2.33. The van der Waals surface area contributed by atoms with Crippen molar-refractivity contribution < 1.29 is 13.9 Å². The van der Waals surface area contributed by atoms with Gasteiger partial charge in [0.05, 0.1) is 12.8 Å². The average molecular weight is 422 g/mol. The molecule has 1 atom stereocenters. The molecule has 0 N–H and O–H groups in total. The van der Waals surface area contributed by atoms with Gasteiger partial charge in [0.15, 0.2) is 0 Å². The first kappa shape index (κ1) is 21.0.